The summed E-state index contributed by atoms with van der Waals surface area (Å²) in [5.74, 6) is 0. The standard InChI is InChI=1S/C55H37NO2/c1-55(2)49-21-10-8-16-41(49)42-29-27-37(31-50(42)55)56(38-28-30-44-43-17-9-11-22-51(43)57-52(44)32-38)36-25-23-35(24-26-36)39-19-12-20-46-48-33-47(34-13-4-3-5-14-34)40-15-6-7-18-45(40)54(48)58-53(39)46/h3-33H,1-2H3. The van der Waals surface area contributed by atoms with Crippen molar-refractivity contribution in [2.24, 2.45) is 0 Å². The first-order chi connectivity index (χ1) is 28.5. The third-order valence-corrected chi connectivity index (χ3v) is 12.5. The predicted octanol–water partition coefficient (Wildman–Crippen LogP) is 15.7. The van der Waals surface area contributed by atoms with Crippen LogP contribution in [0, 0.1) is 0 Å². The second-order valence-electron chi connectivity index (χ2n) is 16.1. The number of hydrogen-bond acceptors (Lipinski definition) is 3. The molecular formula is C55H37NO2. The molecule has 0 N–H and O–H groups in total. The van der Waals surface area contributed by atoms with Crippen LogP contribution in [0.25, 0.3) is 88.0 Å². The number of rotatable bonds is 5. The van der Waals surface area contributed by atoms with Gasteiger partial charge >= 0.3 is 0 Å². The third-order valence-electron chi connectivity index (χ3n) is 12.5. The van der Waals surface area contributed by atoms with Crippen molar-refractivity contribution in [3.05, 3.63) is 199 Å². The Morgan fingerprint density at radius 1 is 0.345 bits per heavy atom. The van der Waals surface area contributed by atoms with Crippen LogP contribution in [-0.2, 0) is 5.41 Å². The summed E-state index contributed by atoms with van der Waals surface area (Å²) in [5.41, 5.74) is 16.5. The first kappa shape index (κ1) is 32.8. The molecule has 3 heteroatoms. The van der Waals surface area contributed by atoms with Crippen molar-refractivity contribution >= 4 is 71.7 Å². The van der Waals surface area contributed by atoms with E-state index < -0.39 is 0 Å². The number of benzene rings is 9. The largest absolute Gasteiger partial charge is 0.456 e. The zero-order valence-electron chi connectivity index (χ0n) is 32.2. The van der Waals surface area contributed by atoms with E-state index >= 15 is 0 Å². The number of furan rings is 2. The molecule has 0 unspecified atom stereocenters. The van der Waals surface area contributed by atoms with E-state index in [1.54, 1.807) is 0 Å². The van der Waals surface area contributed by atoms with Gasteiger partial charge in [0.2, 0.25) is 0 Å². The molecule has 3 nitrogen and oxygen atoms in total. The molecule has 0 fully saturated rings. The first-order valence-electron chi connectivity index (χ1n) is 20.0. The highest BCUT2D eigenvalue weighted by Gasteiger charge is 2.35. The molecule has 11 aromatic rings. The van der Waals surface area contributed by atoms with Gasteiger partial charge in [-0.1, -0.05) is 147 Å². The fourth-order valence-electron chi connectivity index (χ4n) is 9.63. The molecule has 0 radical (unpaired) electrons. The highest BCUT2D eigenvalue weighted by Crippen LogP contribution is 2.51. The van der Waals surface area contributed by atoms with E-state index in [1.165, 1.54) is 38.8 Å². The molecule has 0 atom stereocenters. The first-order valence-corrected chi connectivity index (χ1v) is 20.0. The van der Waals surface area contributed by atoms with E-state index in [-0.39, 0.29) is 5.41 Å². The molecule has 1 aliphatic rings. The number of hydrogen-bond donors (Lipinski definition) is 0. The lowest BCUT2D eigenvalue weighted by atomic mass is 9.82. The minimum Gasteiger partial charge on any atom is -0.456 e. The maximum Gasteiger partial charge on any atom is 0.143 e. The Morgan fingerprint density at radius 3 is 1.81 bits per heavy atom. The second-order valence-corrected chi connectivity index (χ2v) is 16.1. The molecule has 0 saturated carbocycles. The summed E-state index contributed by atoms with van der Waals surface area (Å²) in [6, 6.07) is 67.6. The van der Waals surface area contributed by atoms with Gasteiger partial charge in [-0.05, 0) is 92.9 Å². The summed E-state index contributed by atoms with van der Waals surface area (Å²) in [7, 11) is 0. The topological polar surface area (TPSA) is 29.5 Å². The Hall–Kier alpha value is -7.36. The monoisotopic (exact) mass is 743 g/mol. The normalized spacial score (nSPS) is 13.1. The van der Waals surface area contributed by atoms with Crippen LogP contribution >= 0.6 is 0 Å². The molecular weight excluding hydrogens is 707 g/mol. The zero-order valence-corrected chi connectivity index (χ0v) is 32.2. The van der Waals surface area contributed by atoms with Crippen LogP contribution in [-0.4, -0.2) is 0 Å². The molecule has 58 heavy (non-hydrogen) atoms. The number of fused-ring (bicyclic) bond motifs is 11. The second kappa shape index (κ2) is 12.3. The van der Waals surface area contributed by atoms with Gasteiger partial charge in [-0.2, -0.15) is 0 Å². The minimum atomic E-state index is -0.126. The highest BCUT2D eigenvalue weighted by atomic mass is 16.3. The van der Waals surface area contributed by atoms with Crippen LogP contribution < -0.4 is 4.90 Å². The van der Waals surface area contributed by atoms with Gasteiger partial charge in [-0.3, -0.25) is 0 Å². The maximum atomic E-state index is 6.89. The molecule has 2 aromatic heterocycles. The molecule has 1 aliphatic carbocycles. The molecule has 0 bridgehead atoms. The Labute approximate surface area is 336 Å². The van der Waals surface area contributed by atoms with Gasteiger partial charge in [-0.25, -0.2) is 0 Å². The summed E-state index contributed by atoms with van der Waals surface area (Å²) in [5, 5.41) is 6.78. The van der Waals surface area contributed by atoms with Crippen LogP contribution in [0.1, 0.15) is 25.0 Å². The van der Waals surface area contributed by atoms with Gasteiger partial charge in [0.1, 0.15) is 22.3 Å². The van der Waals surface area contributed by atoms with Crippen molar-refractivity contribution < 1.29 is 8.83 Å². The molecule has 274 valence electrons. The van der Waals surface area contributed by atoms with E-state index in [0.29, 0.717) is 0 Å². The van der Waals surface area contributed by atoms with Crippen LogP contribution in [0.3, 0.4) is 0 Å². The van der Waals surface area contributed by atoms with E-state index in [9.17, 15) is 0 Å². The van der Waals surface area contributed by atoms with Gasteiger partial charge in [0.25, 0.3) is 0 Å². The third kappa shape index (κ3) is 4.80. The predicted molar refractivity (Wildman–Crippen MR) is 242 cm³/mol. The summed E-state index contributed by atoms with van der Waals surface area (Å²) >= 11 is 0. The van der Waals surface area contributed by atoms with Crippen LogP contribution in [0.15, 0.2) is 197 Å². The molecule has 2 heterocycles. The van der Waals surface area contributed by atoms with Gasteiger partial charge in [0, 0.05) is 61.0 Å². The van der Waals surface area contributed by atoms with Crippen LogP contribution in [0.5, 0.6) is 0 Å². The summed E-state index contributed by atoms with van der Waals surface area (Å²) in [6.45, 7) is 4.68. The Balaban J connectivity index is 1.01. The Bertz CT molecular complexity index is 3420. The Kier molecular flexibility index (Phi) is 6.98. The number of para-hydroxylation sites is 2. The number of nitrogens with zero attached hydrogens (tertiary/aromatic N) is 1. The lowest BCUT2D eigenvalue weighted by Gasteiger charge is -2.28. The van der Waals surface area contributed by atoms with Crippen molar-refractivity contribution in [1.29, 1.82) is 0 Å². The molecule has 0 spiro atoms. The van der Waals surface area contributed by atoms with Crippen molar-refractivity contribution in [3.63, 3.8) is 0 Å². The van der Waals surface area contributed by atoms with Crippen molar-refractivity contribution in [2.45, 2.75) is 19.3 Å². The summed E-state index contributed by atoms with van der Waals surface area (Å²) < 4.78 is 13.3. The molecule has 0 amide bonds. The average molecular weight is 744 g/mol. The van der Waals surface area contributed by atoms with E-state index in [1.807, 2.05) is 12.1 Å². The SMILES string of the molecule is CC1(C)c2ccccc2-c2ccc(N(c3ccc(-c4cccc5c4oc4c6ccccc6c(-c6ccccc6)cc54)cc3)c3ccc4c(c3)oc3ccccc34)cc21. The fourth-order valence-corrected chi connectivity index (χ4v) is 9.63. The number of anilines is 3. The smallest absolute Gasteiger partial charge is 0.143 e. The molecule has 0 saturated heterocycles. The molecule has 0 aliphatic heterocycles. The lowest BCUT2D eigenvalue weighted by Crippen LogP contribution is -2.16. The van der Waals surface area contributed by atoms with Gasteiger partial charge in [0.15, 0.2) is 0 Å². The van der Waals surface area contributed by atoms with Gasteiger partial charge in [-0.15, -0.1) is 0 Å². The Morgan fingerprint density at radius 2 is 0.948 bits per heavy atom. The van der Waals surface area contributed by atoms with Gasteiger partial charge < -0.3 is 13.7 Å². The summed E-state index contributed by atoms with van der Waals surface area (Å²) in [4.78, 5) is 2.36. The quantitative estimate of drug-likeness (QED) is 0.176. The van der Waals surface area contributed by atoms with Crippen molar-refractivity contribution in [1.82, 2.24) is 0 Å². The lowest BCUT2D eigenvalue weighted by molar-refractivity contribution is 0.660. The average Bonchev–Trinajstić information content (AvgIpc) is 3.91. The highest BCUT2D eigenvalue weighted by molar-refractivity contribution is 6.20. The van der Waals surface area contributed by atoms with Crippen LogP contribution in [0.4, 0.5) is 17.1 Å². The molecule has 12 rings (SSSR count). The van der Waals surface area contributed by atoms with Crippen molar-refractivity contribution in [3.8, 4) is 33.4 Å². The maximum absolute atomic E-state index is 6.89. The minimum absolute atomic E-state index is 0.126. The summed E-state index contributed by atoms with van der Waals surface area (Å²) in [6.07, 6.45) is 0. The molecule has 9 aromatic carbocycles. The van der Waals surface area contributed by atoms with E-state index in [0.717, 1.165) is 77.5 Å². The van der Waals surface area contributed by atoms with E-state index in [4.69, 9.17) is 8.83 Å². The van der Waals surface area contributed by atoms with E-state index in [2.05, 4.69) is 195 Å². The van der Waals surface area contributed by atoms with Crippen LogP contribution in [0.2, 0.25) is 0 Å². The van der Waals surface area contributed by atoms with Gasteiger partial charge in [0.05, 0.1) is 0 Å². The zero-order chi connectivity index (χ0) is 38.5. The fraction of sp³-hybridized carbons (Fsp3) is 0.0545. The van der Waals surface area contributed by atoms with Crippen molar-refractivity contribution in [2.75, 3.05) is 4.90 Å².